The summed E-state index contributed by atoms with van der Waals surface area (Å²) in [5.41, 5.74) is 8.40. The fraction of sp³-hybridized carbons (Fsp3) is 0.500. The molecule has 1 amide bonds. The average Bonchev–Trinajstić information content (AvgIpc) is 2.28. The van der Waals surface area contributed by atoms with E-state index in [2.05, 4.69) is 5.32 Å². The van der Waals surface area contributed by atoms with E-state index in [9.17, 15) is 4.79 Å². The van der Waals surface area contributed by atoms with E-state index in [0.29, 0.717) is 0 Å². The number of nitrogens with one attached hydrogen (secondary N) is 1. The van der Waals surface area contributed by atoms with Gasteiger partial charge in [-0.1, -0.05) is 24.1 Å². The number of unbranched alkanes of at least 4 members (excludes halogenated alkanes) is 2. The Kier molecular flexibility index (Phi) is 5.70. The van der Waals surface area contributed by atoms with Crippen molar-refractivity contribution in [3.8, 4) is 0 Å². The molecule has 0 atom stereocenters. The van der Waals surface area contributed by atoms with Gasteiger partial charge in [-0.15, -0.1) is 0 Å². The van der Waals surface area contributed by atoms with Crippen LogP contribution < -0.4 is 11.1 Å². The maximum atomic E-state index is 11.9. The Hall–Kier alpha value is -1.35. The summed E-state index contributed by atoms with van der Waals surface area (Å²) in [4.78, 5) is 11.9. The van der Waals surface area contributed by atoms with Crippen LogP contribution in [0.25, 0.3) is 0 Å². The smallest absolute Gasteiger partial charge is 0.251 e. The van der Waals surface area contributed by atoms with Gasteiger partial charge in [0.2, 0.25) is 0 Å². The number of aryl methyl sites for hydroxylation is 2. The van der Waals surface area contributed by atoms with E-state index in [1.165, 1.54) is 5.56 Å². The molecule has 3 N–H and O–H groups in total. The number of amides is 1. The Bertz CT molecular complexity index is 374. The maximum Gasteiger partial charge on any atom is 0.251 e. The van der Waals surface area contributed by atoms with Crippen molar-refractivity contribution in [3.63, 3.8) is 0 Å². The van der Waals surface area contributed by atoms with Crippen molar-refractivity contribution >= 4 is 5.91 Å². The van der Waals surface area contributed by atoms with Crippen molar-refractivity contribution in [1.29, 1.82) is 0 Å². The Morgan fingerprint density at radius 3 is 2.65 bits per heavy atom. The molecule has 0 radical (unpaired) electrons. The lowest BCUT2D eigenvalue weighted by Crippen LogP contribution is -2.25. The standard InChI is InChI=1S/C14H22N2O/c1-11-6-7-13(12(2)10-11)14(17)16-9-5-3-4-8-15/h6-7,10H,3-5,8-9,15H2,1-2H3,(H,16,17). The number of carbonyl (C=O) groups is 1. The number of hydrogen-bond donors (Lipinski definition) is 2. The second kappa shape index (κ2) is 7.07. The van der Waals surface area contributed by atoms with Gasteiger partial charge < -0.3 is 11.1 Å². The molecule has 1 rings (SSSR count). The van der Waals surface area contributed by atoms with E-state index in [-0.39, 0.29) is 5.91 Å². The first-order valence-electron chi connectivity index (χ1n) is 6.20. The number of rotatable bonds is 6. The minimum atomic E-state index is 0.0234. The van der Waals surface area contributed by atoms with Crippen molar-refractivity contribution in [2.45, 2.75) is 33.1 Å². The predicted molar refractivity (Wildman–Crippen MR) is 71.2 cm³/mol. The van der Waals surface area contributed by atoms with Gasteiger partial charge in [0.05, 0.1) is 0 Å². The van der Waals surface area contributed by atoms with Crippen molar-refractivity contribution in [1.82, 2.24) is 5.32 Å². The summed E-state index contributed by atoms with van der Waals surface area (Å²) in [7, 11) is 0. The molecular weight excluding hydrogens is 212 g/mol. The molecule has 0 spiro atoms. The first-order chi connectivity index (χ1) is 8.15. The zero-order valence-electron chi connectivity index (χ0n) is 10.8. The molecule has 0 aliphatic rings. The highest BCUT2D eigenvalue weighted by molar-refractivity contribution is 5.95. The van der Waals surface area contributed by atoms with Crippen LogP contribution in [-0.2, 0) is 0 Å². The summed E-state index contributed by atoms with van der Waals surface area (Å²) in [6.07, 6.45) is 3.09. The minimum Gasteiger partial charge on any atom is -0.352 e. The highest BCUT2D eigenvalue weighted by atomic mass is 16.1. The average molecular weight is 234 g/mol. The zero-order chi connectivity index (χ0) is 12.7. The van der Waals surface area contributed by atoms with E-state index >= 15 is 0 Å². The lowest BCUT2D eigenvalue weighted by molar-refractivity contribution is 0.0952. The van der Waals surface area contributed by atoms with Gasteiger partial charge in [0.15, 0.2) is 0 Å². The van der Waals surface area contributed by atoms with E-state index in [0.717, 1.165) is 43.5 Å². The van der Waals surface area contributed by atoms with Gasteiger partial charge in [0.25, 0.3) is 5.91 Å². The van der Waals surface area contributed by atoms with Crippen LogP contribution >= 0.6 is 0 Å². The van der Waals surface area contributed by atoms with Crippen LogP contribution in [0.1, 0.15) is 40.7 Å². The van der Waals surface area contributed by atoms with Gasteiger partial charge >= 0.3 is 0 Å². The zero-order valence-corrected chi connectivity index (χ0v) is 10.8. The first-order valence-corrected chi connectivity index (χ1v) is 6.20. The molecule has 0 heterocycles. The molecule has 17 heavy (non-hydrogen) atoms. The second-order valence-electron chi connectivity index (χ2n) is 4.42. The molecule has 1 aromatic rings. The summed E-state index contributed by atoms with van der Waals surface area (Å²) < 4.78 is 0. The monoisotopic (exact) mass is 234 g/mol. The summed E-state index contributed by atoms with van der Waals surface area (Å²) in [5, 5.41) is 2.94. The Morgan fingerprint density at radius 1 is 1.24 bits per heavy atom. The maximum absolute atomic E-state index is 11.9. The lowest BCUT2D eigenvalue weighted by Gasteiger charge is -2.08. The number of nitrogens with two attached hydrogens (primary N) is 1. The van der Waals surface area contributed by atoms with Crippen LogP contribution in [0.15, 0.2) is 18.2 Å². The van der Waals surface area contributed by atoms with E-state index in [4.69, 9.17) is 5.73 Å². The van der Waals surface area contributed by atoms with Crippen LogP contribution in [0.3, 0.4) is 0 Å². The Morgan fingerprint density at radius 2 is 2.00 bits per heavy atom. The largest absolute Gasteiger partial charge is 0.352 e. The third kappa shape index (κ3) is 4.57. The van der Waals surface area contributed by atoms with Crippen molar-refractivity contribution in [2.75, 3.05) is 13.1 Å². The lowest BCUT2D eigenvalue weighted by atomic mass is 10.1. The van der Waals surface area contributed by atoms with Crippen molar-refractivity contribution in [2.24, 2.45) is 5.73 Å². The van der Waals surface area contributed by atoms with Gasteiger partial charge in [-0.25, -0.2) is 0 Å². The van der Waals surface area contributed by atoms with E-state index in [1.807, 2.05) is 32.0 Å². The highest BCUT2D eigenvalue weighted by Crippen LogP contribution is 2.10. The van der Waals surface area contributed by atoms with Crippen molar-refractivity contribution in [3.05, 3.63) is 34.9 Å². The quantitative estimate of drug-likeness (QED) is 0.741. The van der Waals surface area contributed by atoms with E-state index < -0.39 is 0 Å². The molecule has 3 nitrogen and oxygen atoms in total. The van der Waals surface area contributed by atoms with Crippen LogP contribution in [0.5, 0.6) is 0 Å². The SMILES string of the molecule is Cc1ccc(C(=O)NCCCCCN)c(C)c1. The number of hydrogen-bond acceptors (Lipinski definition) is 2. The normalized spacial score (nSPS) is 10.3. The molecule has 0 fully saturated rings. The van der Waals surface area contributed by atoms with Gasteiger partial charge in [0, 0.05) is 12.1 Å². The third-order valence-electron chi connectivity index (χ3n) is 2.79. The van der Waals surface area contributed by atoms with Crippen LogP contribution in [0.4, 0.5) is 0 Å². The van der Waals surface area contributed by atoms with E-state index in [1.54, 1.807) is 0 Å². The molecule has 0 saturated carbocycles. The van der Waals surface area contributed by atoms with Crippen LogP contribution in [-0.4, -0.2) is 19.0 Å². The predicted octanol–water partition coefficient (Wildman–Crippen LogP) is 2.16. The molecule has 3 heteroatoms. The molecule has 0 aliphatic carbocycles. The topological polar surface area (TPSA) is 55.1 Å². The van der Waals surface area contributed by atoms with Crippen LogP contribution in [0, 0.1) is 13.8 Å². The first kappa shape index (κ1) is 13.7. The van der Waals surface area contributed by atoms with Gasteiger partial charge in [-0.2, -0.15) is 0 Å². The number of benzene rings is 1. The highest BCUT2D eigenvalue weighted by Gasteiger charge is 2.07. The van der Waals surface area contributed by atoms with Gasteiger partial charge in [-0.05, 0) is 44.9 Å². The van der Waals surface area contributed by atoms with Gasteiger partial charge in [0.1, 0.15) is 0 Å². The van der Waals surface area contributed by atoms with Crippen LogP contribution in [0.2, 0.25) is 0 Å². The number of carbonyl (C=O) groups excluding carboxylic acids is 1. The van der Waals surface area contributed by atoms with Gasteiger partial charge in [-0.3, -0.25) is 4.79 Å². The summed E-state index contributed by atoms with van der Waals surface area (Å²) >= 11 is 0. The second-order valence-corrected chi connectivity index (χ2v) is 4.42. The molecule has 0 saturated heterocycles. The molecule has 0 aliphatic heterocycles. The summed E-state index contributed by atoms with van der Waals surface area (Å²) in [5.74, 6) is 0.0234. The molecule has 1 aromatic carbocycles. The molecule has 0 unspecified atom stereocenters. The molecule has 0 aromatic heterocycles. The summed E-state index contributed by atoms with van der Waals surface area (Å²) in [6.45, 7) is 5.45. The fourth-order valence-electron chi connectivity index (χ4n) is 1.81. The Labute approximate surface area is 103 Å². The molecule has 94 valence electrons. The minimum absolute atomic E-state index is 0.0234. The summed E-state index contributed by atoms with van der Waals surface area (Å²) in [6, 6.07) is 5.89. The molecule has 0 bridgehead atoms. The van der Waals surface area contributed by atoms with Crippen molar-refractivity contribution < 1.29 is 4.79 Å². The molecular formula is C14H22N2O. The Balaban J connectivity index is 2.42. The third-order valence-corrected chi connectivity index (χ3v) is 2.79. The fourth-order valence-corrected chi connectivity index (χ4v) is 1.81.